The Bertz CT molecular complexity index is 1080. The Labute approximate surface area is 178 Å². The van der Waals surface area contributed by atoms with Gasteiger partial charge in [-0.2, -0.15) is 4.28 Å². The van der Waals surface area contributed by atoms with Gasteiger partial charge in [0.15, 0.2) is 0 Å². The first kappa shape index (κ1) is 19.8. The number of carbonyl (C=O) groups is 1. The highest BCUT2D eigenvalue weighted by molar-refractivity contribution is 7.94. The van der Waals surface area contributed by atoms with Crippen LogP contribution in [0.15, 0.2) is 36.4 Å². The van der Waals surface area contributed by atoms with Gasteiger partial charge in [0.05, 0.1) is 21.9 Å². The number of amides is 1. The van der Waals surface area contributed by atoms with Crippen LogP contribution in [0.1, 0.15) is 21.7 Å². The molecule has 0 unspecified atom stereocenters. The van der Waals surface area contributed by atoms with E-state index in [1.165, 1.54) is 23.2 Å². The number of aryl methyl sites for hydroxylation is 3. The average Bonchev–Trinajstić information content (AvgIpc) is 3.22. The van der Waals surface area contributed by atoms with Crippen molar-refractivity contribution in [3.05, 3.63) is 58.1 Å². The molecule has 4 rings (SSSR count). The minimum Gasteiger partial charge on any atom is -0.444 e. The van der Waals surface area contributed by atoms with E-state index in [-0.39, 0.29) is 6.61 Å². The average molecular weight is 428 g/mol. The van der Waals surface area contributed by atoms with Gasteiger partial charge in [-0.15, -0.1) is 11.3 Å². The van der Waals surface area contributed by atoms with Crippen molar-refractivity contribution in [3.8, 4) is 10.6 Å². The van der Waals surface area contributed by atoms with Gasteiger partial charge in [-0.1, -0.05) is 23.8 Å². The maximum atomic E-state index is 12.2. The number of hydrogen-bond acceptors (Lipinski definition) is 7. The lowest BCUT2D eigenvalue weighted by molar-refractivity contribution is 0.156. The lowest BCUT2D eigenvalue weighted by Crippen LogP contribution is -2.13. The van der Waals surface area contributed by atoms with Gasteiger partial charge in [0, 0.05) is 29.5 Å². The number of thiazole rings is 1. The van der Waals surface area contributed by atoms with Crippen molar-refractivity contribution in [2.45, 2.75) is 27.4 Å². The molecule has 0 aliphatic carbocycles. The Kier molecular flexibility index (Phi) is 5.49. The zero-order valence-electron chi connectivity index (χ0n) is 16.6. The normalized spacial score (nSPS) is 11.9. The van der Waals surface area contributed by atoms with Crippen LogP contribution in [0.4, 0.5) is 21.9 Å². The van der Waals surface area contributed by atoms with Crippen molar-refractivity contribution in [2.24, 2.45) is 0 Å². The summed E-state index contributed by atoms with van der Waals surface area (Å²) in [5.41, 5.74) is 7.01. The summed E-state index contributed by atoms with van der Waals surface area (Å²) in [7, 11) is 0. The first-order valence-corrected chi connectivity index (χ1v) is 11.1. The van der Waals surface area contributed by atoms with Crippen LogP contribution >= 0.6 is 23.4 Å². The van der Waals surface area contributed by atoms with E-state index < -0.39 is 6.09 Å². The van der Waals surface area contributed by atoms with Crippen LogP contribution in [0.25, 0.3) is 10.6 Å². The molecule has 0 saturated carbocycles. The summed E-state index contributed by atoms with van der Waals surface area (Å²) in [5.74, 6) is 0. The van der Waals surface area contributed by atoms with Gasteiger partial charge >= 0.3 is 6.09 Å². The molecule has 6 nitrogen and oxygen atoms in total. The maximum Gasteiger partial charge on any atom is 0.411 e. The van der Waals surface area contributed by atoms with E-state index in [9.17, 15) is 4.79 Å². The van der Waals surface area contributed by atoms with Gasteiger partial charge in [-0.25, -0.2) is 14.8 Å². The second-order valence-electron chi connectivity index (χ2n) is 6.79. The van der Waals surface area contributed by atoms with Gasteiger partial charge < -0.3 is 4.74 Å². The lowest BCUT2D eigenvalue weighted by atomic mass is 10.1. The molecule has 150 valence electrons. The number of benzene rings is 2. The molecule has 0 saturated heterocycles. The Morgan fingerprint density at radius 2 is 2.00 bits per heavy atom. The van der Waals surface area contributed by atoms with Gasteiger partial charge in [0.25, 0.3) is 0 Å². The number of anilines is 3. The number of fused-ring (bicyclic) bond motifs is 1. The molecule has 1 aliphatic heterocycles. The SMILES string of the molecule is CSON1c2ccc(NC(=O)OCc3sc(-c4ccc(C)cc4C)nc3C)cc21. The van der Waals surface area contributed by atoms with Crippen molar-refractivity contribution in [1.29, 1.82) is 0 Å². The number of aromatic nitrogens is 1. The summed E-state index contributed by atoms with van der Waals surface area (Å²) in [5, 5.41) is 5.40. The molecule has 2 aromatic carbocycles. The number of nitrogens with zero attached hydrogens (tertiary/aromatic N) is 2. The van der Waals surface area contributed by atoms with Gasteiger partial charge in [-0.05, 0) is 44.5 Å². The Hall–Kier alpha value is -2.55. The van der Waals surface area contributed by atoms with Gasteiger partial charge in [-0.3, -0.25) is 5.32 Å². The monoisotopic (exact) mass is 427 g/mol. The lowest BCUT2D eigenvalue weighted by Gasteiger charge is -2.05. The standard InChI is InChI=1S/C21H21N3O3S2/c1-12-5-7-16(13(2)9-12)20-22-14(3)19(29-20)11-26-21(25)23-15-6-8-17-18(10-15)24(17)27-28-4/h5-10H,11H2,1-4H3,(H,23,25). The number of nitrogens with one attached hydrogen (secondary N) is 1. The van der Waals surface area contributed by atoms with Crippen LogP contribution in [0.5, 0.6) is 0 Å². The Morgan fingerprint density at radius 1 is 1.17 bits per heavy atom. The van der Waals surface area contributed by atoms with Gasteiger partial charge in [0.2, 0.25) is 0 Å². The van der Waals surface area contributed by atoms with E-state index in [1.807, 2.05) is 31.4 Å². The van der Waals surface area contributed by atoms with Crippen LogP contribution < -0.4 is 10.4 Å². The molecule has 3 aromatic rings. The summed E-state index contributed by atoms with van der Waals surface area (Å²) in [6.07, 6.45) is 1.35. The third-order valence-electron chi connectivity index (χ3n) is 4.60. The highest BCUT2D eigenvalue weighted by Crippen LogP contribution is 2.50. The molecule has 0 fully saturated rings. The molecule has 1 aromatic heterocycles. The summed E-state index contributed by atoms with van der Waals surface area (Å²) >= 11 is 2.82. The molecule has 29 heavy (non-hydrogen) atoms. The van der Waals surface area contributed by atoms with Crippen molar-refractivity contribution >= 4 is 46.5 Å². The quantitative estimate of drug-likeness (QED) is 0.376. The molecule has 0 spiro atoms. The fourth-order valence-corrected chi connectivity index (χ4v) is 4.45. The van der Waals surface area contributed by atoms with E-state index in [0.29, 0.717) is 5.69 Å². The second kappa shape index (κ2) is 8.06. The molecule has 8 heteroatoms. The minimum absolute atomic E-state index is 0.187. The van der Waals surface area contributed by atoms with Crippen LogP contribution in [0.3, 0.4) is 0 Å². The van der Waals surface area contributed by atoms with Crippen molar-refractivity contribution in [3.63, 3.8) is 0 Å². The van der Waals surface area contributed by atoms with Crippen LogP contribution in [0.2, 0.25) is 0 Å². The number of hydrogen-bond donors (Lipinski definition) is 1. The molecule has 0 atom stereocenters. The van der Waals surface area contributed by atoms with E-state index >= 15 is 0 Å². The zero-order chi connectivity index (χ0) is 20.5. The molecule has 1 aliphatic rings. The molecule has 0 bridgehead atoms. The van der Waals surface area contributed by atoms with Crippen LogP contribution in [-0.2, 0) is 15.6 Å². The van der Waals surface area contributed by atoms with Crippen molar-refractivity contribution in [1.82, 2.24) is 4.98 Å². The summed E-state index contributed by atoms with van der Waals surface area (Å²) in [6, 6.07) is 11.9. The molecule has 1 amide bonds. The minimum atomic E-state index is -0.496. The fraction of sp³-hybridized carbons (Fsp3) is 0.238. The topological polar surface area (TPSA) is 63.5 Å². The number of ether oxygens (including phenoxy) is 1. The maximum absolute atomic E-state index is 12.2. The van der Waals surface area contributed by atoms with E-state index in [1.54, 1.807) is 16.4 Å². The van der Waals surface area contributed by atoms with E-state index in [4.69, 9.17) is 9.02 Å². The Balaban J connectivity index is 1.37. The van der Waals surface area contributed by atoms with E-state index in [0.717, 1.165) is 32.5 Å². The first-order chi connectivity index (χ1) is 14.0. The zero-order valence-corrected chi connectivity index (χ0v) is 18.2. The summed E-state index contributed by atoms with van der Waals surface area (Å²) in [4.78, 5) is 17.8. The first-order valence-electron chi connectivity index (χ1n) is 9.09. The Morgan fingerprint density at radius 3 is 2.76 bits per heavy atom. The van der Waals surface area contributed by atoms with Crippen molar-refractivity contribution < 1.29 is 13.8 Å². The molecular formula is C21H21N3O3S2. The molecule has 0 radical (unpaired) electrons. The summed E-state index contributed by atoms with van der Waals surface area (Å²) in [6.45, 7) is 6.29. The van der Waals surface area contributed by atoms with E-state index in [2.05, 4.69) is 42.3 Å². The molecule has 1 N–H and O–H groups in total. The molecule has 2 heterocycles. The summed E-state index contributed by atoms with van der Waals surface area (Å²) < 4.78 is 10.8. The van der Waals surface area contributed by atoms with Crippen LogP contribution in [0, 0.1) is 20.8 Å². The second-order valence-corrected chi connectivity index (χ2v) is 8.35. The highest BCUT2D eigenvalue weighted by Gasteiger charge is 2.31. The molecular weight excluding hydrogens is 406 g/mol. The third-order valence-corrected chi connectivity index (χ3v) is 6.06. The highest BCUT2D eigenvalue weighted by atomic mass is 32.2. The number of carbonyl (C=O) groups excluding carboxylic acids is 1. The predicted octanol–water partition coefficient (Wildman–Crippen LogP) is 6.15. The number of rotatable bonds is 6. The van der Waals surface area contributed by atoms with Crippen LogP contribution in [-0.4, -0.2) is 17.3 Å². The largest absolute Gasteiger partial charge is 0.444 e. The predicted molar refractivity (Wildman–Crippen MR) is 119 cm³/mol. The smallest absolute Gasteiger partial charge is 0.411 e. The fourth-order valence-electron chi connectivity index (χ4n) is 3.07. The van der Waals surface area contributed by atoms with Gasteiger partial charge in [0.1, 0.15) is 11.6 Å². The third kappa shape index (κ3) is 4.24. The van der Waals surface area contributed by atoms with Crippen molar-refractivity contribution in [2.75, 3.05) is 16.6 Å².